The number of rotatable bonds is 7. The lowest BCUT2D eigenvalue weighted by atomic mass is 10.3. The SMILES string of the molecule is CNc1ccc(SN2CCN(CCCN3CCOCC3)CC2)cc1. The van der Waals surface area contributed by atoms with Crippen molar-refractivity contribution < 1.29 is 4.74 Å². The van der Waals surface area contributed by atoms with Gasteiger partial charge < -0.3 is 15.0 Å². The van der Waals surface area contributed by atoms with Gasteiger partial charge in [-0.05, 0) is 55.7 Å². The molecule has 1 aromatic rings. The van der Waals surface area contributed by atoms with Crippen LogP contribution < -0.4 is 5.32 Å². The number of nitrogens with one attached hydrogen (secondary N) is 1. The molecule has 0 spiro atoms. The first-order valence-electron chi connectivity index (χ1n) is 9.07. The number of piperazine rings is 1. The van der Waals surface area contributed by atoms with Crippen molar-refractivity contribution >= 4 is 17.6 Å². The molecular weight excluding hydrogens is 320 g/mol. The maximum absolute atomic E-state index is 5.41. The van der Waals surface area contributed by atoms with Crippen LogP contribution in [0.25, 0.3) is 0 Å². The van der Waals surface area contributed by atoms with Gasteiger partial charge in [0.05, 0.1) is 13.2 Å². The summed E-state index contributed by atoms with van der Waals surface area (Å²) in [5.41, 5.74) is 1.17. The second-order valence-corrected chi connectivity index (χ2v) is 7.61. The van der Waals surface area contributed by atoms with Crippen molar-refractivity contribution in [3.63, 3.8) is 0 Å². The normalized spacial score (nSPS) is 21.0. The summed E-state index contributed by atoms with van der Waals surface area (Å²) >= 11 is 1.89. The van der Waals surface area contributed by atoms with Crippen LogP contribution in [0.4, 0.5) is 5.69 Å². The minimum absolute atomic E-state index is 0.908. The van der Waals surface area contributed by atoms with Crippen molar-refractivity contribution in [2.75, 3.05) is 77.9 Å². The largest absolute Gasteiger partial charge is 0.388 e. The third-order valence-corrected chi connectivity index (χ3v) is 5.87. The summed E-state index contributed by atoms with van der Waals surface area (Å²) in [4.78, 5) is 6.47. The molecule has 2 saturated heterocycles. The summed E-state index contributed by atoms with van der Waals surface area (Å²) in [6.45, 7) is 11.1. The molecule has 0 radical (unpaired) electrons. The molecule has 5 nitrogen and oxygen atoms in total. The van der Waals surface area contributed by atoms with Crippen molar-refractivity contribution in [2.45, 2.75) is 11.3 Å². The van der Waals surface area contributed by atoms with Gasteiger partial charge in [0, 0.05) is 56.9 Å². The molecule has 0 atom stereocenters. The smallest absolute Gasteiger partial charge is 0.0594 e. The molecule has 2 aliphatic heterocycles. The first kappa shape index (κ1) is 18.0. The lowest BCUT2D eigenvalue weighted by Gasteiger charge is -2.34. The van der Waals surface area contributed by atoms with Gasteiger partial charge in [0.2, 0.25) is 0 Å². The molecule has 6 heteroatoms. The van der Waals surface area contributed by atoms with Gasteiger partial charge in [-0.15, -0.1) is 0 Å². The summed E-state index contributed by atoms with van der Waals surface area (Å²) in [5.74, 6) is 0. The van der Waals surface area contributed by atoms with Gasteiger partial charge >= 0.3 is 0 Å². The average Bonchev–Trinajstić information content (AvgIpc) is 2.65. The minimum Gasteiger partial charge on any atom is -0.388 e. The Morgan fingerprint density at radius 2 is 1.54 bits per heavy atom. The number of anilines is 1. The van der Waals surface area contributed by atoms with Gasteiger partial charge in [0.1, 0.15) is 0 Å². The fourth-order valence-electron chi connectivity index (χ4n) is 3.22. The maximum atomic E-state index is 5.41. The van der Waals surface area contributed by atoms with Crippen molar-refractivity contribution in [3.05, 3.63) is 24.3 Å². The number of morpholine rings is 1. The van der Waals surface area contributed by atoms with E-state index in [1.165, 1.54) is 43.2 Å². The highest BCUT2D eigenvalue weighted by Gasteiger charge is 2.18. The zero-order valence-corrected chi connectivity index (χ0v) is 15.6. The van der Waals surface area contributed by atoms with E-state index in [2.05, 4.69) is 43.7 Å². The second-order valence-electron chi connectivity index (χ2n) is 6.44. The molecule has 0 aromatic heterocycles. The van der Waals surface area contributed by atoms with E-state index in [-0.39, 0.29) is 0 Å². The monoisotopic (exact) mass is 350 g/mol. The lowest BCUT2D eigenvalue weighted by molar-refractivity contribution is 0.0357. The summed E-state index contributed by atoms with van der Waals surface area (Å²) in [6.07, 6.45) is 1.28. The number of nitrogens with zero attached hydrogens (tertiary/aromatic N) is 3. The highest BCUT2D eigenvalue weighted by Crippen LogP contribution is 2.25. The van der Waals surface area contributed by atoms with Crippen molar-refractivity contribution in [1.82, 2.24) is 14.1 Å². The second kappa shape index (κ2) is 9.63. The van der Waals surface area contributed by atoms with Gasteiger partial charge in [-0.3, -0.25) is 4.90 Å². The molecule has 0 amide bonds. The topological polar surface area (TPSA) is 31.0 Å². The summed E-state index contributed by atoms with van der Waals surface area (Å²) in [6, 6.07) is 8.69. The zero-order chi connectivity index (χ0) is 16.6. The van der Waals surface area contributed by atoms with Crippen LogP contribution in [0.3, 0.4) is 0 Å². The molecule has 134 valence electrons. The molecule has 1 aromatic carbocycles. The van der Waals surface area contributed by atoms with E-state index in [1.54, 1.807) is 0 Å². The molecule has 0 aliphatic carbocycles. The van der Waals surface area contributed by atoms with E-state index in [4.69, 9.17) is 4.74 Å². The van der Waals surface area contributed by atoms with Crippen LogP contribution in [0.5, 0.6) is 0 Å². The minimum atomic E-state index is 0.908. The summed E-state index contributed by atoms with van der Waals surface area (Å²) in [5, 5.41) is 3.17. The third-order valence-electron chi connectivity index (χ3n) is 4.76. The van der Waals surface area contributed by atoms with Crippen LogP contribution in [0.2, 0.25) is 0 Å². The Kier molecular flexibility index (Phi) is 7.23. The average molecular weight is 351 g/mol. The predicted molar refractivity (Wildman–Crippen MR) is 102 cm³/mol. The number of benzene rings is 1. The van der Waals surface area contributed by atoms with E-state index in [1.807, 2.05) is 19.0 Å². The number of hydrogen-bond donors (Lipinski definition) is 1. The molecule has 2 aliphatic rings. The summed E-state index contributed by atoms with van der Waals surface area (Å²) in [7, 11) is 1.96. The van der Waals surface area contributed by atoms with Crippen LogP contribution >= 0.6 is 11.9 Å². The van der Waals surface area contributed by atoms with Gasteiger partial charge in [-0.25, -0.2) is 4.31 Å². The van der Waals surface area contributed by atoms with E-state index in [0.717, 1.165) is 39.4 Å². The van der Waals surface area contributed by atoms with Gasteiger partial charge in [0.25, 0.3) is 0 Å². The number of hydrogen-bond acceptors (Lipinski definition) is 6. The molecular formula is C18H30N4OS. The zero-order valence-electron chi connectivity index (χ0n) is 14.7. The van der Waals surface area contributed by atoms with Crippen molar-refractivity contribution in [1.29, 1.82) is 0 Å². The van der Waals surface area contributed by atoms with Crippen LogP contribution in [0.1, 0.15) is 6.42 Å². The first-order valence-corrected chi connectivity index (χ1v) is 9.84. The van der Waals surface area contributed by atoms with E-state index < -0.39 is 0 Å². The van der Waals surface area contributed by atoms with Crippen LogP contribution in [-0.4, -0.2) is 86.7 Å². The maximum Gasteiger partial charge on any atom is 0.0594 e. The molecule has 2 fully saturated rings. The highest BCUT2D eigenvalue weighted by atomic mass is 32.2. The van der Waals surface area contributed by atoms with E-state index >= 15 is 0 Å². The van der Waals surface area contributed by atoms with Gasteiger partial charge in [-0.1, -0.05) is 0 Å². The predicted octanol–water partition coefficient (Wildman–Crippen LogP) is 2.08. The molecule has 0 unspecified atom stereocenters. The standard InChI is InChI=1S/C18H30N4OS/c1-19-17-3-5-18(6-4-17)24-22-11-9-20(10-12-22)7-2-8-21-13-15-23-16-14-21/h3-6,19H,2,7-16H2,1H3. The van der Waals surface area contributed by atoms with Gasteiger partial charge in [0.15, 0.2) is 0 Å². The van der Waals surface area contributed by atoms with E-state index in [0.29, 0.717) is 0 Å². The lowest BCUT2D eigenvalue weighted by Crippen LogP contribution is -2.44. The van der Waals surface area contributed by atoms with E-state index in [9.17, 15) is 0 Å². The Bertz CT molecular complexity index is 470. The Morgan fingerprint density at radius 1 is 0.917 bits per heavy atom. The highest BCUT2D eigenvalue weighted by molar-refractivity contribution is 7.97. The van der Waals surface area contributed by atoms with Crippen molar-refractivity contribution in [3.8, 4) is 0 Å². The summed E-state index contributed by atoms with van der Waals surface area (Å²) < 4.78 is 7.90. The molecule has 2 heterocycles. The van der Waals surface area contributed by atoms with Crippen LogP contribution in [0.15, 0.2) is 29.2 Å². The van der Waals surface area contributed by atoms with Crippen molar-refractivity contribution in [2.24, 2.45) is 0 Å². The quantitative estimate of drug-likeness (QED) is 0.758. The van der Waals surface area contributed by atoms with Gasteiger partial charge in [-0.2, -0.15) is 0 Å². The Morgan fingerprint density at radius 3 is 2.17 bits per heavy atom. The molecule has 0 saturated carbocycles. The third kappa shape index (κ3) is 5.63. The Labute approximate surface area is 150 Å². The molecule has 1 N–H and O–H groups in total. The molecule has 24 heavy (non-hydrogen) atoms. The fourth-order valence-corrected chi connectivity index (χ4v) is 4.12. The molecule has 3 rings (SSSR count). The Hall–Kier alpha value is -0.790. The first-order chi connectivity index (χ1) is 11.8. The fraction of sp³-hybridized carbons (Fsp3) is 0.667. The molecule has 0 bridgehead atoms. The van der Waals surface area contributed by atoms with Crippen LogP contribution in [-0.2, 0) is 4.74 Å². The van der Waals surface area contributed by atoms with Crippen LogP contribution in [0, 0.1) is 0 Å². The Balaban J connectivity index is 1.31. The number of ether oxygens (including phenoxy) is 1.